The van der Waals surface area contributed by atoms with Crippen molar-refractivity contribution in [2.75, 3.05) is 11.9 Å². The Labute approximate surface area is 108 Å². The molecule has 1 aromatic heterocycles. The molecule has 0 amide bonds. The van der Waals surface area contributed by atoms with E-state index in [2.05, 4.69) is 22.2 Å². The van der Waals surface area contributed by atoms with Crippen LogP contribution >= 0.6 is 0 Å². The minimum atomic E-state index is 0.381. The van der Waals surface area contributed by atoms with Gasteiger partial charge >= 0.3 is 0 Å². The fourth-order valence-corrected chi connectivity index (χ4v) is 2.03. The molecule has 0 unspecified atom stereocenters. The summed E-state index contributed by atoms with van der Waals surface area (Å²) in [5.41, 5.74) is 0. The maximum Gasteiger partial charge on any atom is 0.219 e. The molecule has 0 atom stereocenters. The maximum absolute atomic E-state index is 5.90. The van der Waals surface area contributed by atoms with E-state index >= 15 is 0 Å². The smallest absolute Gasteiger partial charge is 0.219 e. The lowest BCUT2D eigenvalue weighted by Gasteiger charge is -2.26. The van der Waals surface area contributed by atoms with Gasteiger partial charge in [-0.25, -0.2) is 4.98 Å². The number of aromatic nitrogens is 2. The number of nitrogens with zero attached hydrogens (tertiary/aromatic N) is 2. The van der Waals surface area contributed by atoms with Crippen molar-refractivity contribution in [2.45, 2.75) is 57.5 Å². The summed E-state index contributed by atoms with van der Waals surface area (Å²) in [7, 11) is 0. The molecule has 4 heteroatoms. The van der Waals surface area contributed by atoms with E-state index in [1.807, 2.05) is 6.07 Å². The van der Waals surface area contributed by atoms with Crippen molar-refractivity contribution in [3.8, 4) is 5.88 Å². The number of hydrogen-bond acceptors (Lipinski definition) is 4. The fourth-order valence-electron chi connectivity index (χ4n) is 2.03. The van der Waals surface area contributed by atoms with Gasteiger partial charge in [-0.3, -0.25) is 0 Å². The van der Waals surface area contributed by atoms with Crippen molar-refractivity contribution < 1.29 is 4.74 Å². The first-order valence-corrected chi connectivity index (χ1v) is 7.14. The lowest BCUT2D eigenvalue weighted by atomic mass is 9.96. The largest absolute Gasteiger partial charge is 0.474 e. The highest BCUT2D eigenvalue weighted by Gasteiger charge is 2.28. The van der Waals surface area contributed by atoms with Crippen molar-refractivity contribution >= 4 is 5.82 Å². The molecule has 1 aromatic rings. The zero-order valence-corrected chi connectivity index (χ0v) is 11.0. The fraction of sp³-hybridized carbons (Fsp3) is 0.714. The molecule has 3 rings (SSSR count). The standard InChI is InChI=1S/C14H21N3O/c1-2-8-15-12-9-13(18-11-4-3-5-11)17-14(16-12)10-6-7-10/h9-11H,2-8H2,1H3,(H,15,16,17). The zero-order chi connectivity index (χ0) is 12.4. The molecule has 0 saturated heterocycles. The summed E-state index contributed by atoms with van der Waals surface area (Å²) >= 11 is 0. The summed E-state index contributed by atoms with van der Waals surface area (Å²) in [6.07, 6.45) is 7.54. The van der Waals surface area contributed by atoms with E-state index in [1.165, 1.54) is 32.1 Å². The summed E-state index contributed by atoms with van der Waals surface area (Å²) < 4.78 is 5.90. The molecule has 2 aliphatic carbocycles. The Hall–Kier alpha value is -1.32. The van der Waals surface area contributed by atoms with E-state index in [0.29, 0.717) is 12.0 Å². The number of hydrogen-bond donors (Lipinski definition) is 1. The Kier molecular flexibility index (Phi) is 3.35. The summed E-state index contributed by atoms with van der Waals surface area (Å²) in [6.45, 7) is 3.10. The lowest BCUT2D eigenvalue weighted by Crippen LogP contribution is -2.25. The second-order valence-electron chi connectivity index (χ2n) is 5.32. The number of rotatable bonds is 6. The third kappa shape index (κ3) is 2.74. The summed E-state index contributed by atoms with van der Waals surface area (Å²) in [6, 6.07) is 1.94. The van der Waals surface area contributed by atoms with Crippen LogP contribution in [-0.2, 0) is 0 Å². The summed E-state index contributed by atoms with van der Waals surface area (Å²) in [4.78, 5) is 9.13. The molecule has 2 fully saturated rings. The molecule has 98 valence electrons. The molecule has 1 N–H and O–H groups in total. The minimum Gasteiger partial charge on any atom is -0.474 e. The molecule has 0 aromatic carbocycles. The van der Waals surface area contributed by atoms with E-state index < -0.39 is 0 Å². The monoisotopic (exact) mass is 247 g/mol. The average molecular weight is 247 g/mol. The Bertz CT molecular complexity index is 414. The molecule has 4 nitrogen and oxygen atoms in total. The molecule has 0 radical (unpaired) electrons. The van der Waals surface area contributed by atoms with Gasteiger partial charge in [0.1, 0.15) is 17.7 Å². The topological polar surface area (TPSA) is 47.0 Å². The molecule has 0 bridgehead atoms. The first-order chi connectivity index (χ1) is 8.85. The van der Waals surface area contributed by atoms with Crippen molar-refractivity contribution in [1.82, 2.24) is 9.97 Å². The molecular formula is C14H21N3O. The van der Waals surface area contributed by atoms with Crippen LogP contribution in [0.3, 0.4) is 0 Å². The second kappa shape index (κ2) is 5.12. The van der Waals surface area contributed by atoms with Gasteiger partial charge in [-0.2, -0.15) is 4.98 Å². The predicted molar refractivity (Wildman–Crippen MR) is 71.1 cm³/mol. The highest BCUT2D eigenvalue weighted by atomic mass is 16.5. The van der Waals surface area contributed by atoms with Crippen LogP contribution < -0.4 is 10.1 Å². The van der Waals surface area contributed by atoms with Crippen molar-refractivity contribution in [2.24, 2.45) is 0 Å². The SMILES string of the molecule is CCCNc1cc(OC2CCC2)nc(C2CC2)n1. The van der Waals surface area contributed by atoms with Crippen LogP contribution in [0, 0.1) is 0 Å². The van der Waals surface area contributed by atoms with Crippen LogP contribution in [0.2, 0.25) is 0 Å². The Morgan fingerprint density at radius 2 is 2.11 bits per heavy atom. The van der Waals surface area contributed by atoms with E-state index in [0.717, 1.165) is 30.5 Å². The van der Waals surface area contributed by atoms with Gasteiger partial charge in [-0.1, -0.05) is 6.92 Å². The highest BCUT2D eigenvalue weighted by molar-refractivity contribution is 5.39. The number of ether oxygens (including phenoxy) is 1. The Balaban J connectivity index is 1.74. The van der Waals surface area contributed by atoms with Gasteiger partial charge in [0, 0.05) is 18.5 Å². The van der Waals surface area contributed by atoms with Gasteiger partial charge in [0.2, 0.25) is 5.88 Å². The van der Waals surface area contributed by atoms with Gasteiger partial charge in [0.25, 0.3) is 0 Å². The van der Waals surface area contributed by atoms with E-state index in [1.54, 1.807) is 0 Å². The van der Waals surface area contributed by atoms with E-state index in [4.69, 9.17) is 4.74 Å². The number of anilines is 1. The number of nitrogens with one attached hydrogen (secondary N) is 1. The molecule has 2 aliphatic rings. The van der Waals surface area contributed by atoms with Crippen LogP contribution in [0.1, 0.15) is 57.2 Å². The summed E-state index contributed by atoms with van der Waals surface area (Å²) in [5.74, 6) is 3.21. The Morgan fingerprint density at radius 3 is 2.72 bits per heavy atom. The minimum absolute atomic E-state index is 0.381. The van der Waals surface area contributed by atoms with Crippen molar-refractivity contribution in [3.63, 3.8) is 0 Å². The van der Waals surface area contributed by atoms with Gasteiger partial charge in [-0.05, 0) is 38.5 Å². The zero-order valence-electron chi connectivity index (χ0n) is 11.0. The molecule has 18 heavy (non-hydrogen) atoms. The molecular weight excluding hydrogens is 226 g/mol. The van der Waals surface area contributed by atoms with E-state index in [-0.39, 0.29) is 0 Å². The quantitative estimate of drug-likeness (QED) is 0.839. The third-order valence-electron chi connectivity index (χ3n) is 3.56. The predicted octanol–water partition coefficient (Wildman–Crippen LogP) is 3.11. The molecule has 0 aliphatic heterocycles. The van der Waals surface area contributed by atoms with E-state index in [9.17, 15) is 0 Å². The Morgan fingerprint density at radius 1 is 1.28 bits per heavy atom. The van der Waals surface area contributed by atoms with Crippen molar-refractivity contribution in [3.05, 3.63) is 11.9 Å². The van der Waals surface area contributed by atoms with Crippen molar-refractivity contribution in [1.29, 1.82) is 0 Å². The second-order valence-corrected chi connectivity index (χ2v) is 5.32. The van der Waals surface area contributed by atoms with Crippen LogP contribution in [-0.4, -0.2) is 22.6 Å². The summed E-state index contributed by atoms with van der Waals surface area (Å²) in [5, 5.41) is 3.34. The van der Waals surface area contributed by atoms with Gasteiger partial charge < -0.3 is 10.1 Å². The molecule has 2 saturated carbocycles. The van der Waals surface area contributed by atoms with Crippen LogP contribution in [0.5, 0.6) is 5.88 Å². The van der Waals surface area contributed by atoms with Gasteiger partial charge in [0.15, 0.2) is 0 Å². The molecule has 0 spiro atoms. The van der Waals surface area contributed by atoms with Crippen LogP contribution in [0.15, 0.2) is 6.07 Å². The lowest BCUT2D eigenvalue weighted by molar-refractivity contribution is 0.114. The van der Waals surface area contributed by atoms with Gasteiger partial charge in [0.05, 0.1) is 0 Å². The first kappa shape index (κ1) is 11.8. The molecule has 1 heterocycles. The first-order valence-electron chi connectivity index (χ1n) is 7.14. The van der Waals surface area contributed by atoms with Crippen LogP contribution in [0.25, 0.3) is 0 Å². The average Bonchev–Trinajstić information content (AvgIpc) is 3.15. The van der Waals surface area contributed by atoms with Crippen LogP contribution in [0.4, 0.5) is 5.82 Å². The van der Waals surface area contributed by atoms with Gasteiger partial charge in [-0.15, -0.1) is 0 Å². The highest BCUT2D eigenvalue weighted by Crippen LogP contribution is 2.39. The third-order valence-corrected chi connectivity index (χ3v) is 3.56. The maximum atomic E-state index is 5.90. The normalized spacial score (nSPS) is 19.4.